The number of amides is 1. The van der Waals surface area contributed by atoms with Crippen LogP contribution in [0.3, 0.4) is 0 Å². The molecule has 3 fully saturated rings. The third-order valence-electron chi connectivity index (χ3n) is 9.34. The number of halogens is 1. The molecule has 4 nitrogen and oxygen atoms in total. The molecular formula is C34H44FNO3. The molecule has 2 aliphatic carbocycles. The average Bonchev–Trinajstić information content (AvgIpc) is 3.20. The van der Waals surface area contributed by atoms with Gasteiger partial charge in [-0.1, -0.05) is 68.5 Å². The third-order valence-corrected chi connectivity index (χ3v) is 9.34. The number of carbonyl (C=O) groups excluding carboxylic acids is 2. The molecule has 0 radical (unpaired) electrons. The van der Waals surface area contributed by atoms with E-state index in [9.17, 15) is 14.0 Å². The summed E-state index contributed by atoms with van der Waals surface area (Å²) in [6, 6.07) is 6.71. The summed E-state index contributed by atoms with van der Waals surface area (Å²) in [7, 11) is 0. The van der Waals surface area contributed by atoms with Gasteiger partial charge in [0.15, 0.2) is 0 Å². The van der Waals surface area contributed by atoms with Crippen molar-refractivity contribution < 1.29 is 18.7 Å². The molecule has 1 N–H and O–H groups in total. The summed E-state index contributed by atoms with van der Waals surface area (Å²) in [6.07, 6.45) is 15.6. The number of allylic oxidation sites excluding steroid dienone is 7. The Hall–Kier alpha value is -2.95. The maximum absolute atomic E-state index is 13.7. The standard InChI is InChI=1S/C34H44FNO3/c1-6-23(7-2)33(37)36-28-15-17-29-26(19-28)20-31-32(22(5)39-34(31)38)30(29)16-13-21(4)12-14-24(8-3)25-10-9-11-27(35)18-25/h8-14,16,18,22-23,26,28-32H,3,6-7,15,17,19-20H2,1-2,4-5H3,(H,36,37)/b16-13+,21-12+,24-14+/t22-,26?,28?,29?,30-,31?,32?/m0/s1. The topological polar surface area (TPSA) is 55.4 Å². The van der Waals surface area contributed by atoms with Crippen molar-refractivity contribution in [3.63, 3.8) is 0 Å². The zero-order valence-electron chi connectivity index (χ0n) is 23.9. The fraction of sp³-hybridized carbons (Fsp3) is 0.529. The van der Waals surface area contributed by atoms with Crippen LogP contribution in [0.4, 0.5) is 4.39 Å². The molecule has 39 heavy (non-hydrogen) atoms. The van der Waals surface area contributed by atoms with Crippen LogP contribution in [-0.2, 0) is 14.3 Å². The molecule has 4 rings (SSSR count). The van der Waals surface area contributed by atoms with Crippen LogP contribution in [0.15, 0.2) is 66.8 Å². The summed E-state index contributed by atoms with van der Waals surface area (Å²) in [5.74, 6) is 1.14. The van der Waals surface area contributed by atoms with E-state index in [2.05, 4.69) is 44.8 Å². The number of rotatable bonds is 9. The fourth-order valence-corrected chi connectivity index (χ4v) is 7.22. The van der Waals surface area contributed by atoms with Gasteiger partial charge in [0.1, 0.15) is 11.9 Å². The summed E-state index contributed by atoms with van der Waals surface area (Å²) < 4.78 is 19.4. The van der Waals surface area contributed by atoms with Gasteiger partial charge in [0.05, 0.1) is 5.92 Å². The number of esters is 1. The zero-order chi connectivity index (χ0) is 28.1. The molecule has 1 aromatic rings. The first-order chi connectivity index (χ1) is 18.7. The Morgan fingerprint density at radius 3 is 2.67 bits per heavy atom. The van der Waals surface area contributed by atoms with Gasteiger partial charge < -0.3 is 10.1 Å². The Labute approximate surface area is 233 Å². The lowest BCUT2D eigenvalue weighted by atomic mass is 9.57. The summed E-state index contributed by atoms with van der Waals surface area (Å²) in [5, 5.41) is 3.33. The van der Waals surface area contributed by atoms with E-state index >= 15 is 0 Å². The van der Waals surface area contributed by atoms with E-state index < -0.39 is 0 Å². The van der Waals surface area contributed by atoms with Gasteiger partial charge in [-0.15, -0.1) is 0 Å². The number of nitrogens with one attached hydrogen (secondary N) is 1. The zero-order valence-corrected chi connectivity index (χ0v) is 23.9. The van der Waals surface area contributed by atoms with Gasteiger partial charge >= 0.3 is 5.97 Å². The molecule has 1 saturated heterocycles. The van der Waals surface area contributed by atoms with Crippen LogP contribution in [0.25, 0.3) is 5.57 Å². The molecule has 0 bridgehead atoms. The molecule has 5 heteroatoms. The van der Waals surface area contributed by atoms with Gasteiger partial charge in [0.2, 0.25) is 5.91 Å². The average molecular weight is 534 g/mol. The minimum Gasteiger partial charge on any atom is -0.462 e. The SMILES string of the molecule is C=C\C(=C/C=C(C)/C=C/[C@H]1C2CCC(NC(=O)C(CC)CC)CC2CC2C(=O)O[C@@H](C)C21)c1cccc(F)c1. The maximum Gasteiger partial charge on any atom is 0.309 e. The number of benzene rings is 1. The Balaban J connectivity index is 1.52. The summed E-state index contributed by atoms with van der Waals surface area (Å²) in [6.45, 7) is 12.1. The molecule has 1 aliphatic heterocycles. The van der Waals surface area contributed by atoms with Crippen LogP contribution in [-0.4, -0.2) is 24.0 Å². The monoisotopic (exact) mass is 533 g/mol. The van der Waals surface area contributed by atoms with Crippen LogP contribution in [0.1, 0.15) is 71.8 Å². The smallest absolute Gasteiger partial charge is 0.309 e. The molecular weight excluding hydrogens is 489 g/mol. The molecule has 1 amide bonds. The normalized spacial score (nSPS) is 31.1. The van der Waals surface area contributed by atoms with Gasteiger partial charge in [-0.05, 0) is 93.4 Å². The molecule has 3 aliphatic rings. The maximum atomic E-state index is 13.7. The first-order valence-electron chi connectivity index (χ1n) is 14.7. The first kappa shape index (κ1) is 29.0. The predicted molar refractivity (Wildman–Crippen MR) is 155 cm³/mol. The quantitative estimate of drug-likeness (QED) is 0.265. The van der Waals surface area contributed by atoms with Crippen molar-refractivity contribution in [3.8, 4) is 0 Å². The fourth-order valence-electron chi connectivity index (χ4n) is 7.22. The van der Waals surface area contributed by atoms with Crippen molar-refractivity contribution in [1.29, 1.82) is 0 Å². The van der Waals surface area contributed by atoms with E-state index in [4.69, 9.17) is 4.74 Å². The minimum absolute atomic E-state index is 0.0616. The molecule has 0 aromatic heterocycles. The van der Waals surface area contributed by atoms with E-state index in [1.54, 1.807) is 12.1 Å². The molecule has 1 aromatic carbocycles. The van der Waals surface area contributed by atoms with Crippen molar-refractivity contribution in [2.24, 2.45) is 35.5 Å². The highest BCUT2D eigenvalue weighted by atomic mass is 19.1. The van der Waals surface area contributed by atoms with Crippen molar-refractivity contribution in [2.75, 3.05) is 0 Å². The summed E-state index contributed by atoms with van der Waals surface area (Å²) >= 11 is 0. The highest BCUT2D eigenvalue weighted by Crippen LogP contribution is 2.53. The Morgan fingerprint density at radius 1 is 1.21 bits per heavy atom. The van der Waals surface area contributed by atoms with E-state index in [1.807, 2.05) is 25.1 Å². The Bertz CT molecular complexity index is 1150. The van der Waals surface area contributed by atoms with Crippen molar-refractivity contribution in [3.05, 3.63) is 78.2 Å². The van der Waals surface area contributed by atoms with Crippen LogP contribution in [0.5, 0.6) is 0 Å². The van der Waals surface area contributed by atoms with Gasteiger partial charge in [0.25, 0.3) is 0 Å². The molecule has 5 unspecified atom stereocenters. The lowest BCUT2D eigenvalue weighted by Crippen LogP contribution is -2.49. The predicted octanol–water partition coefficient (Wildman–Crippen LogP) is 7.43. The lowest BCUT2D eigenvalue weighted by molar-refractivity contribution is -0.144. The molecule has 0 spiro atoms. The highest BCUT2D eigenvalue weighted by Gasteiger charge is 2.54. The number of hydrogen-bond acceptors (Lipinski definition) is 3. The van der Waals surface area contributed by atoms with Gasteiger partial charge in [-0.25, -0.2) is 4.39 Å². The van der Waals surface area contributed by atoms with E-state index in [0.29, 0.717) is 11.8 Å². The second-order valence-corrected chi connectivity index (χ2v) is 11.7. The van der Waals surface area contributed by atoms with Gasteiger partial charge in [-0.2, -0.15) is 0 Å². The summed E-state index contributed by atoms with van der Waals surface area (Å²) in [5.41, 5.74) is 2.73. The molecule has 210 valence electrons. The molecule has 1 heterocycles. The third kappa shape index (κ3) is 6.62. The van der Waals surface area contributed by atoms with Crippen LogP contribution >= 0.6 is 0 Å². The molecule has 2 saturated carbocycles. The largest absolute Gasteiger partial charge is 0.462 e. The minimum atomic E-state index is -0.269. The lowest BCUT2D eigenvalue weighted by Gasteiger charge is -2.47. The second kappa shape index (κ2) is 12.9. The highest BCUT2D eigenvalue weighted by molar-refractivity contribution is 5.79. The van der Waals surface area contributed by atoms with E-state index in [1.165, 1.54) is 12.1 Å². The van der Waals surface area contributed by atoms with E-state index in [0.717, 1.165) is 55.2 Å². The Kier molecular flexibility index (Phi) is 9.63. The van der Waals surface area contributed by atoms with Gasteiger partial charge in [-0.3, -0.25) is 9.59 Å². The Morgan fingerprint density at radius 2 is 1.97 bits per heavy atom. The number of carbonyl (C=O) groups is 2. The van der Waals surface area contributed by atoms with Crippen LogP contribution < -0.4 is 5.32 Å². The van der Waals surface area contributed by atoms with Crippen molar-refractivity contribution in [1.82, 2.24) is 5.32 Å². The van der Waals surface area contributed by atoms with Crippen LogP contribution in [0.2, 0.25) is 0 Å². The second-order valence-electron chi connectivity index (χ2n) is 11.7. The van der Waals surface area contributed by atoms with E-state index in [-0.39, 0.29) is 53.5 Å². The summed E-state index contributed by atoms with van der Waals surface area (Å²) in [4.78, 5) is 25.6. The number of fused-ring (bicyclic) bond motifs is 2. The number of cyclic esters (lactones) is 1. The number of ether oxygens (including phenoxy) is 1. The van der Waals surface area contributed by atoms with Crippen LogP contribution in [0, 0.1) is 41.3 Å². The molecule has 7 atom stereocenters. The first-order valence-corrected chi connectivity index (χ1v) is 14.7. The van der Waals surface area contributed by atoms with Gasteiger partial charge in [0, 0.05) is 17.9 Å². The number of hydrogen-bond donors (Lipinski definition) is 1. The van der Waals surface area contributed by atoms with Crippen molar-refractivity contribution in [2.45, 2.75) is 78.4 Å². The van der Waals surface area contributed by atoms with Crippen molar-refractivity contribution >= 4 is 17.4 Å².